The van der Waals surface area contributed by atoms with Crippen LogP contribution in [0.2, 0.25) is 0 Å². The van der Waals surface area contributed by atoms with E-state index in [1.54, 1.807) is 0 Å². The summed E-state index contributed by atoms with van der Waals surface area (Å²) in [6.45, 7) is 0. The minimum atomic E-state index is -0.255. The molecule has 18 heavy (non-hydrogen) atoms. The largest absolute Gasteiger partial charge is 0.298 e. The fourth-order valence-corrected chi connectivity index (χ4v) is 2.37. The van der Waals surface area contributed by atoms with Crippen molar-refractivity contribution < 1.29 is 4.79 Å². The van der Waals surface area contributed by atoms with Gasteiger partial charge < -0.3 is 0 Å². The molecule has 0 aliphatic heterocycles. The Hall–Kier alpha value is -2.34. The van der Waals surface area contributed by atoms with Crippen molar-refractivity contribution in [1.29, 1.82) is 0 Å². The van der Waals surface area contributed by atoms with Crippen LogP contribution in [0.25, 0.3) is 10.2 Å². The number of aromatic nitrogens is 3. The summed E-state index contributed by atoms with van der Waals surface area (Å²) in [5.74, 6) is -0.255. The summed E-state index contributed by atoms with van der Waals surface area (Å²) in [5.41, 5.74) is 1.29. The van der Waals surface area contributed by atoms with E-state index in [4.69, 9.17) is 0 Å². The fraction of sp³-hybridized carbons (Fsp3) is 0. The summed E-state index contributed by atoms with van der Waals surface area (Å²) in [4.78, 5) is 23.8. The monoisotopic (exact) mass is 256 g/mol. The first-order valence-corrected chi connectivity index (χ1v) is 6.06. The molecule has 0 fully saturated rings. The molecule has 0 atom stereocenters. The molecule has 2 heterocycles. The predicted molar refractivity (Wildman–Crippen MR) is 69.6 cm³/mol. The number of benzene rings is 1. The molecule has 3 aromatic rings. The van der Waals surface area contributed by atoms with Crippen LogP contribution >= 0.6 is 11.3 Å². The van der Waals surface area contributed by atoms with Crippen LogP contribution in [-0.4, -0.2) is 20.9 Å². The van der Waals surface area contributed by atoms with Gasteiger partial charge in [0.25, 0.3) is 5.91 Å². The Balaban J connectivity index is 1.86. The number of rotatable bonds is 2. The number of fused-ring (bicyclic) bond motifs is 1. The minimum absolute atomic E-state index is 0.255. The molecule has 0 aliphatic carbocycles. The van der Waals surface area contributed by atoms with E-state index in [-0.39, 0.29) is 5.91 Å². The molecule has 0 saturated carbocycles. The van der Waals surface area contributed by atoms with Crippen LogP contribution in [0.5, 0.6) is 0 Å². The van der Waals surface area contributed by atoms with Crippen molar-refractivity contribution in [2.75, 3.05) is 5.32 Å². The van der Waals surface area contributed by atoms with E-state index in [2.05, 4.69) is 20.3 Å². The van der Waals surface area contributed by atoms with Crippen molar-refractivity contribution in [1.82, 2.24) is 15.0 Å². The molecule has 6 heteroatoms. The van der Waals surface area contributed by atoms with E-state index in [0.717, 1.165) is 10.2 Å². The Morgan fingerprint density at radius 2 is 1.94 bits per heavy atom. The quantitative estimate of drug-likeness (QED) is 0.764. The first-order chi connectivity index (χ1) is 8.83. The molecular weight excluding hydrogens is 248 g/mol. The van der Waals surface area contributed by atoms with E-state index in [9.17, 15) is 4.79 Å². The van der Waals surface area contributed by atoms with Gasteiger partial charge in [-0.3, -0.25) is 10.1 Å². The number of carbonyl (C=O) groups excluding carboxylic acids is 1. The Kier molecular flexibility index (Phi) is 2.70. The fourth-order valence-electron chi connectivity index (χ4n) is 1.51. The Bertz CT molecular complexity index is 662. The Morgan fingerprint density at radius 3 is 2.72 bits per heavy atom. The summed E-state index contributed by atoms with van der Waals surface area (Å²) in [6, 6.07) is 7.73. The van der Waals surface area contributed by atoms with Crippen LogP contribution < -0.4 is 5.32 Å². The molecule has 0 aliphatic rings. The number of nitrogens with one attached hydrogen (secondary N) is 1. The van der Waals surface area contributed by atoms with Crippen LogP contribution in [-0.2, 0) is 0 Å². The van der Waals surface area contributed by atoms with Crippen LogP contribution in [0.15, 0.2) is 43.0 Å². The maximum atomic E-state index is 11.9. The summed E-state index contributed by atoms with van der Waals surface area (Å²) >= 11 is 1.44. The van der Waals surface area contributed by atoms with Crippen LogP contribution in [0.1, 0.15) is 10.4 Å². The minimum Gasteiger partial charge on any atom is -0.298 e. The SMILES string of the molecule is O=C(Nc1nc2ccccc2s1)c1cncnc1. The highest BCUT2D eigenvalue weighted by Gasteiger charge is 2.09. The molecule has 88 valence electrons. The van der Waals surface area contributed by atoms with Crippen molar-refractivity contribution >= 4 is 32.6 Å². The highest BCUT2D eigenvalue weighted by atomic mass is 32.1. The average Bonchev–Trinajstić information content (AvgIpc) is 2.82. The number of carbonyl (C=O) groups is 1. The van der Waals surface area contributed by atoms with Gasteiger partial charge in [-0.15, -0.1) is 0 Å². The van der Waals surface area contributed by atoms with Gasteiger partial charge in [0.05, 0.1) is 15.8 Å². The zero-order valence-electron chi connectivity index (χ0n) is 9.20. The van der Waals surface area contributed by atoms with Gasteiger partial charge in [0.15, 0.2) is 5.13 Å². The van der Waals surface area contributed by atoms with Crippen molar-refractivity contribution in [2.24, 2.45) is 0 Å². The van der Waals surface area contributed by atoms with E-state index in [1.165, 1.54) is 30.1 Å². The van der Waals surface area contributed by atoms with Crippen molar-refractivity contribution in [2.45, 2.75) is 0 Å². The lowest BCUT2D eigenvalue weighted by Gasteiger charge is -1.99. The molecule has 0 unspecified atom stereocenters. The number of amides is 1. The van der Waals surface area contributed by atoms with Crippen LogP contribution in [0.3, 0.4) is 0 Å². The molecule has 2 aromatic heterocycles. The average molecular weight is 256 g/mol. The third-order valence-electron chi connectivity index (χ3n) is 2.34. The summed E-state index contributed by atoms with van der Waals surface area (Å²) in [5, 5.41) is 3.31. The third-order valence-corrected chi connectivity index (χ3v) is 3.29. The molecule has 1 aromatic carbocycles. The van der Waals surface area contributed by atoms with Crippen molar-refractivity contribution in [3.05, 3.63) is 48.5 Å². The van der Waals surface area contributed by atoms with E-state index < -0.39 is 0 Å². The topological polar surface area (TPSA) is 67.8 Å². The zero-order chi connectivity index (χ0) is 12.4. The summed E-state index contributed by atoms with van der Waals surface area (Å²) < 4.78 is 1.04. The van der Waals surface area contributed by atoms with Gasteiger partial charge in [0.1, 0.15) is 6.33 Å². The second-order valence-electron chi connectivity index (χ2n) is 3.57. The molecule has 0 radical (unpaired) electrons. The molecular formula is C12H8N4OS. The van der Waals surface area contributed by atoms with Gasteiger partial charge in [-0.05, 0) is 12.1 Å². The Labute approximate surface area is 107 Å². The molecule has 3 rings (SSSR count). The standard InChI is InChI=1S/C12H8N4OS/c17-11(8-5-13-7-14-6-8)16-12-15-9-3-1-2-4-10(9)18-12/h1-7H,(H,15,16,17). The van der Waals surface area contributed by atoms with E-state index in [0.29, 0.717) is 10.7 Å². The lowest BCUT2D eigenvalue weighted by Crippen LogP contribution is -2.12. The van der Waals surface area contributed by atoms with E-state index in [1.807, 2.05) is 24.3 Å². The lowest BCUT2D eigenvalue weighted by molar-refractivity contribution is 0.102. The number of thiazole rings is 1. The molecule has 1 N–H and O–H groups in total. The van der Waals surface area contributed by atoms with Gasteiger partial charge in [-0.1, -0.05) is 23.5 Å². The number of hydrogen-bond donors (Lipinski definition) is 1. The summed E-state index contributed by atoms with van der Waals surface area (Å²) in [6.07, 6.45) is 4.32. The number of hydrogen-bond acceptors (Lipinski definition) is 5. The van der Waals surface area contributed by atoms with Crippen molar-refractivity contribution in [3.8, 4) is 0 Å². The normalized spacial score (nSPS) is 10.4. The zero-order valence-corrected chi connectivity index (χ0v) is 10.0. The molecule has 1 amide bonds. The highest BCUT2D eigenvalue weighted by molar-refractivity contribution is 7.22. The van der Waals surface area contributed by atoms with Crippen LogP contribution in [0, 0.1) is 0 Å². The lowest BCUT2D eigenvalue weighted by atomic mass is 10.3. The molecule has 0 bridgehead atoms. The third kappa shape index (κ3) is 2.05. The first kappa shape index (κ1) is 10.8. The molecule has 0 spiro atoms. The van der Waals surface area contributed by atoms with Gasteiger partial charge >= 0.3 is 0 Å². The van der Waals surface area contributed by atoms with E-state index >= 15 is 0 Å². The van der Waals surface area contributed by atoms with Crippen LogP contribution in [0.4, 0.5) is 5.13 Å². The number of para-hydroxylation sites is 1. The van der Waals surface area contributed by atoms with Crippen molar-refractivity contribution in [3.63, 3.8) is 0 Å². The maximum absolute atomic E-state index is 11.9. The number of anilines is 1. The van der Waals surface area contributed by atoms with Gasteiger partial charge in [-0.25, -0.2) is 15.0 Å². The highest BCUT2D eigenvalue weighted by Crippen LogP contribution is 2.25. The second kappa shape index (κ2) is 4.50. The molecule has 0 saturated heterocycles. The summed E-state index contributed by atoms with van der Waals surface area (Å²) in [7, 11) is 0. The van der Waals surface area contributed by atoms with Gasteiger partial charge in [0.2, 0.25) is 0 Å². The predicted octanol–water partition coefficient (Wildman–Crippen LogP) is 2.34. The smallest absolute Gasteiger partial charge is 0.260 e. The second-order valence-corrected chi connectivity index (χ2v) is 4.60. The number of nitrogens with zero attached hydrogens (tertiary/aromatic N) is 3. The molecule has 5 nitrogen and oxygen atoms in total. The van der Waals surface area contributed by atoms with Gasteiger partial charge in [0, 0.05) is 12.4 Å². The maximum Gasteiger partial charge on any atom is 0.260 e. The first-order valence-electron chi connectivity index (χ1n) is 5.25. The Morgan fingerprint density at radius 1 is 1.17 bits per heavy atom. The van der Waals surface area contributed by atoms with Gasteiger partial charge in [-0.2, -0.15) is 0 Å².